The molecule has 0 spiro atoms. The first kappa shape index (κ1) is 17.0. The average molecular weight is 390 g/mol. The van der Waals surface area contributed by atoms with E-state index in [2.05, 4.69) is 12.1 Å². The lowest BCUT2D eigenvalue weighted by atomic mass is 9.99. The quantitative estimate of drug-likeness (QED) is 0.317. The average Bonchev–Trinajstić information content (AvgIpc) is 3.36. The van der Waals surface area contributed by atoms with Crippen LogP contribution in [0.1, 0.15) is 11.1 Å². The Morgan fingerprint density at radius 2 is 1.03 bits per heavy atom. The summed E-state index contributed by atoms with van der Waals surface area (Å²) in [5, 5.41) is 2.11. The smallest absolute Gasteiger partial charge is 0.227 e. The van der Waals surface area contributed by atoms with E-state index in [4.69, 9.17) is 18.8 Å². The van der Waals surface area contributed by atoms with E-state index in [-0.39, 0.29) is 0 Å². The van der Waals surface area contributed by atoms with Gasteiger partial charge in [-0.3, -0.25) is 0 Å². The van der Waals surface area contributed by atoms with Crippen molar-refractivity contribution in [2.45, 2.75) is 13.8 Å². The van der Waals surface area contributed by atoms with Crippen LogP contribution in [0.2, 0.25) is 0 Å². The SMILES string of the molecule is Cc1ccc2nc(-c3ccc(-c4nc5ccc(C)cc5o4)c4ccccc34)oc2c1. The number of nitrogens with zero attached hydrogens (tertiary/aromatic N) is 2. The summed E-state index contributed by atoms with van der Waals surface area (Å²) < 4.78 is 12.2. The minimum absolute atomic E-state index is 0.617. The molecule has 6 rings (SSSR count). The van der Waals surface area contributed by atoms with Crippen molar-refractivity contribution in [3.8, 4) is 22.9 Å². The fourth-order valence-electron chi connectivity index (χ4n) is 3.97. The van der Waals surface area contributed by atoms with E-state index in [0.29, 0.717) is 11.8 Å². The van der Waals surface area contributed by atoms with Crippen molar-refractivity contribution in [3.63, 3.8) is 0 Å². The molecule has 0 aliphatic carbocycles. The molecule has 0 saturated heterocycles. The lowest BCUT2D eigenvalue weighted by molar-refractivity contribution is 0.618. The zero-order valence-corrected chi connectivity index (χ0v) is 16.6. The van der Waals surface area contributed by atoms with Crippen molar-refractivity contribution in [1.82, 2.24) is 9.97 Å². The van der Waals surface area contributed by atoms with Crippen LogP contribution in [-0.4, -0.2) is 9.97 Å². The minimum Gasteiger partial charge on any atom is -0.436 e. The second-order valence-electron chi connectivity index (χ2n) is 7.69. The molecule has 4 aromatic carbocycles. The van der Waals surface area contributed by atoms with Gasteiger partial charge in [0.2, 0.25) is 11.8 Å². The summed E-state index contributed by atoms with van der Waals surface area (Å²) in [6.07, 6.45) is 0. The van der Waals surface area contributed by atoms with E-state index in [1.165, 1.54) is 0 Å². The second-order valence-corrected chi connectivity index (χ2v) is 7.69. The Balaban J connectivity index is 1.57. The number of aryl methyl sites for hydroxylation is 2. The highest BCUT2D eigenvalue weighted by atomic mass is 16.4. The maximum absolute atomic E-state index is 6.10. The highest BCUT2D eigenvalue weighted by molar-refractivity contribution is 6.03. The molecule has 0 radical (unpaired) electrons. The lowest BCUT2D eigenvalue weighted by Gasteiger charge is -2.07. The van der Waals surface area contributed by atoms with E-state index in [0.717, 1.165) is 55.2 Å². The number of benzene rings is 4. The van der Waals surface area contributed by atoms with Gasteiger partial charge in [-0.2, -0.15) is 0 Å². The van der Waals surface area contributed by atoms with Crippen LogP contribution in [0.3, 0.4) is 0 Å². The zero-order chi connectivity index (χ0) is 20.2. The number of oxazole rings is 2. The van der Waals surface area contributed by atoms with Crippen molar-refractivity contribution in [1.29, 1.82) is 0 Å². The second kappa shape index (κ2) is 6.29. The van der Waals surface area contributed by atoms with Crippen LogP contribution in [0, 0.1) is 13.8 Å². The predicted octanol–water partition coefficient (Wildman–Crippen LogP) is 7.07. The van der Waals surface area contributed by atoms with E-state index in [9.17, 15) is 0 Å². The Kier molecular flexibility index (Phi) is 3.56. The molecule has 0 saturated carbocycles. The Morgan fingerprint density at radius 1 is 0.567 bits per heavy atom. The molecule has 144 valence electrons. The summed E-state index contributed by atoms with van der Waals surface area (Å²) in [7, 11) is 0. The summed E-state index contributed by atoms with van der Waals surface area (Å²) in [6.45, 7) is 4.10. The molecule has 30 heavy (non-hydrogen) atoms. The summed E-state index contributed by atoms with van der Waals surface area (Å²) in [4.78, 5) is 9.43. The molecule has 0 bridgehead atoms. The third-order valence-electron chi connectivity index (χ3n) is 5.47. The first-order chi connectivity index (χ1) is 14.7. The largest absolute Gasteiger partial charge is 0.436 e. The summed E-state index contributed by atoms with van der Waals surface area (Å²) >= 11 is 0. The molecule has 0 atom stereocenters. The van der Waals surface area contributed by atoms with E-state index in [1.807, 2.05) is 74.5 Å². The highest BCUT2D eigenvalue weighted by Crippen LogP contribution is 2.37. The van der Waals surface area contributed by atoms with Gasteiger partial charge in [0, 0.05) is 11.1 Å². The molecule has 2 heterocycles. The number of fused-ring (bicyclic) bond motifs is 3. The Morgan fingerprint density at radius 3 is 1.50 bits per heavy atom. The summed E-state index contributed by atoms with van der Waals surface area (Å²) in [5.74, 6) is 1.23. The third-order valence-corrected chi connectivity index (χ3v) is 5.47. The zero-order valence-electron chi connectivity index (χ0n) is 16.6. The third kappa shape index (κ3) is 2.61. The van der Waals surface area contributed by atoms with Crippen LogP contribution in [0.15, 0.2) is 81.6 Å². The molecule has 2 aromatic heterocycles. The molecular formula is C26H18N2O2. The fraction of sp³-hybridized carbons (Fsp3) is 0.0769. The van der Waals surface area contributed by atoms with Gasteiger partial charge in [-0.05, 0) is 72.1 Å². The van der Waals surface area contributed by atoms with Gasteiger partial charge in [0.1, 0.15) is 11.0 Å². The van der Waals surface area contributed by atoms with Crippen molar-refractivity contribution in [2.75, 3.05) is 0 Å². The van der Waals surface area contributed by atoms with Gasteiger partial charge >= 0.3 is 0 Å². The predicted molar refractivity (Wildman–Crippen MR) is 119 cm³/mol. The fourth-order valence-corrected chi connectivity index (χ4v) is 3.97. The first-order valence-corrected chi connectivity index (χ1v) is 9.93. The molecule has 0 aliphatic rings. The number of hydrogen-bond donors (Lipinski definition) is 0. The van der Waals surface area contributed by atoms with Gasteiger partial charge in [-0.25, -0.2) is 9.97 Å². The van der Waals surface area contributed by atoms with Gasteiger partial charge in [0.25, 0.3) is 0 Å². The standard InChI is InChI=1S/C26H18N2O2/c1-15-7-11-21-23(13-15)29-25(27-21)19-9-10-20(18-6-4-3-5-17(18)19)26-28-22-12-8-16(2)14-24(22)30-26/h3-14H,1-2H3. The molecular weight excluding hydrogens is 372 g/mol. The first-order valence-electron chi connectivity index (χ1n) is 9.93. The van der Waals surface area contributed by atoms with Crippen molar-refractivity contribution >= 4 is 33.0 Å². The van der Waals surface area contributed by atoms with Gasteiger partial charge in [-0.1, -0.05) is 36.4 Å². The van der Waals surface area contributed by atoms with Gasteiger partial charge in [-0.15, -0.1) is 0 Å². The normalized spacial score (nSPS) is 11.7. The Bertz CT molecular complexity index is 1450. The molecule has 0 N–H and O–H groups in total. The Hall–Kier alpha value is -3.92. The van der Waals surface area contributed by atoms with E-state index < -0.39 is 0 Å². The van der Waals surface area contributed by atoms with Crippen LogP contribution in [-0.2, 0) is 0 Å². The molecule has 0 amide bonds. The molecule has 0 unspecified atom stereocenters. The van der Waals surface area contributed by atoms with Crippen molar-refractivity contribution in [2.24, 2.45) is 0 Å². The maximum Gasteiger partial charge on any atom is 0.227 e. The van der Waals surface area contributed by atoms with Gasteiger partial charge in [0.15, 0.2) is 11.2 Å². The van der Waals surface area contributed by atoms with Crippen LogP contribution in [0.5, 0.6) is 0 Å². The summed E-state index contributed by atoms with van der Waals surface area (Å²) in [5.41, 5.74) is 7.52. The highest BCUT2D eigenvalue weighted by Gasteiger charge is 2.17. The monoisotopic (exact) mass is 390 g/mol. The van der Waals surface area contributed by atoms with Crippen LogP contribution in [0.25, 0.3) is 55.9 Å². The molecule has 4 heteroatoms. The number of hydrogen-bond acceptors (Lipinski definition) is 4. The molecule has 4 nitrogen and oxygen atoms in total. The van der Waals surface area contributed by atoms with Crippen molar-refractivity contribution < 1.29 is 8.83 Å². The van der Waals surface area contributed by atoms with Crippen LogP contribution in [0.4, 0.5) is 0 Å². The summed E-state index contributed by atoms with van der Waals surface area (Å²) in [6, 6.07) is 24.4. The van der Waals surface area contributed by atoms with Crippen LogP contribution < -0.4 is 0 Å². The van der Waals surface area contributed by atoms with E-state index >= 15 is 0 Å². The van der Waals surface area contributed by atoms with Gasteiger partial charge < -0.3 is 8.83 Å². The molecule has 6 aromatic rings. The van der Waals surface area contributed by atoms with Gasteiger partial charge in [0.05, 0.1) is 0 Å². The lowest BCUT2D eigenvalue weighted by Crippen LogP contribution is -1.86. The maximum atomic E-state index is 6.10. The number of aromatic nitrogens is 2. The molecule has 0 aliphatic heterocycles. The minimum atomic E-state index is 0.617. The van der Waals surface area contributed by atoms with Crippen molar-refractivity contribution in [3.05, 3.63) is 83.9 Å². The van der Waals surface area contributed by atoms with Crippen LogP contribution >= 0.6 is 0 Å². The number of rotatable bonds is 2. The topological polar surface area (TPSA) is 52.1 Å². The Labute approximate surface area is 172 Å². The molecule has 0 fully saturated rings. The van der Waals surface area contributed by atoms with E-state index in [1.54, 1.807) is 0 Å².